The first-order valence-electron chi connectivity index (χ1n) is 4.51. The Morgan fingerprint density at radius 2 is 2.27 bits per heavy atom. The third kappa shape index (κ3) is 1.80. The SMILES string of the molecule is Cc1nc(-n2cccc2C(N)=S)sc1C. The number of thiazole rings is 1. The number of nitrogens with zero attached hydrogens (tertiary/aromatic N) is 2. The summed E-state index contributed by atoms with van der Waals surface area (Å²) in [5, 5.41) is 0.915. The molecular formula is C10H11N3S2. The standard InChI is InChI=1S/C10H11N3S2/c1-6-7(2)15-10(12-6)13-5-3-4-8(13)9(11)14/h3-5H,1-2H3,(H2,11,14). The molecule has 0 saturated carbocycles. The molecule has 0 aliphatic rings. The zero-order chi connectivity index (χ0) is 11.0. The molecule has 2 rings (SSSR count). The molecule has 0 amide bonds. The quantitative estimate of drug-likeness (QED) is 0.814. The van der Waals surface area contributed by atoms with E-state index < -0.39 is 0 Å². The molecule has 2 N–H and O–H groups in total. The lowest BCUT2D eigenvalue weighted by Crippen LogP contribution is -2.14. The number of aromatic nitrogens is 2. The van der Waals surface area contributed by atoms with Crippen molar-refractivity contribution in [1.29, 1.82) is 0 Å². The van der Waals surface area contributed by atoms with Crippen molar-refractivity contribution in [2.75, 3.05) is 0 Å². The Morgan fingerprint density at radius 1 is 1.53 bits per heavy atom. The summed E-state index contributed by atoms with van der Waals surface area (Å²) in [7, 11) is 0. The molecule has 0 radical (unpaired) electrons. The van der Waals surface area contributed by atoms with Crippen LogP contribution in [0.3, 0.4) is 0 Å². The molecule has 0 unspecified atom stereocenters. The summed E-state index contributed by atoms with van der Waals surface area (Å²) >= 11 is 6.62. The van der Waals surface area contributed by atoms with E-state index in [0.29, 0.717) is 4.99 Å². The molecule has 0 aliphatic heterocycles. The maximum Gasteiger partial charge on any atom is 0.194 e. The van der Waals surface area contributed by atoms with Gasteiger partial charge in [-0.3, -0.25) is 4.57 Å². The van der Waals surface area contributed by atoms with Gasteiger partial charge in [0.1, 0.15) is 4.99 Å². The predicted molar refractivity (Wildman–Crippen MR) is 66.8 cm³/mol. The lowest BCUT2D eigenvalue weighted by atomic mass is 10.4. The Labute approximate surface area is 97.6 Å². The first kappa shape index (κ1) is 10.3. The maximum atomic E-state index is 5.63. The number of nitrogens with two attached hydrogens (primary N) is 1. The molecule has 0 atom stereocenters. The number of thiocarbonyl (C=S) groups is 1. The van der Waals surface area contributed by atoms with Crippen molar-refractivity contribution in [3.05, 3.63) is 34.6 Å². The Balaban J connectivity index is 2.54. The summed E-state index contributed by atoms with van der Waals surface area (Å²) in [5.74, 6) is 0. The van der Waals surface area contributed by atoms with Crippen LogP contribution >= 0.6 is 23.6 Å². The van der Waals surface area contributed by atoms with Crippen LogP contribution in [0.4, 0.5) is 0 Å². The minimum atomic E-state index is 0.394. The van der Waals surface area contributed by atoms with Crippen LogP contribution in [-0.4, -0.2) is 14.5 Å². The zero-order valence-corrected chi connectivity index (χ0v) is 10.2. The first-order valence-corrected chi connectivity index (χ1v) is 5.73. The third-order valence-electron chi connectivity index (χ3n) is 2.22. The van der Waals surface area contributed by atoms with Gasteiger partial charge in [-0.25, -0.2) is 4.98 Å². The fourth-order valence-corrected chi connectivity index (χ4v) is 2.38. The van der Waals surface area contributed by atoms with Gasteiger partial charge in [-0.1, -0.05) is 12.2 Å². The third-order valence-corrected chi connectivity index (χ3v) is 3.51. The Bertz CT molecular complexity index is 491. The highest BCUT2D eigenvalue weighted by Gasteiger charge is 2.10. The number of hydrogen-bond donors (Lipinski definition) is 1. The second-order valence-corrected chi connectivity index (χ2v) is 4.89. The van der Waals surface area contributed by atoms with Gasteiger partial charge in [-0.05, 0) is 26.0 Å². The highest BCUT2D eigenvalue weighted by atomic mass is 32.1. The molecule has 15 heavy (non-hydrogen) atoms. The smallest absolute Gasteiger partial charge is 0.194 e. The van der Waals surface area contributed by atoms with E-state index in [1.165, 1.54) is 4.88 Å². The monoisotopic (exact) mass is 237 g/mol. The van der Waals surface area contributed by atoms with Gasteiger partial charge in [0.2, 0.25) is 0 Å². The average Bonchev–Trinajstić information content (AvgIpc) is 2.73. The van der Waals surface area contributed by atoms with Gasteiger partial charge < -0.3 is 5.73 Å². The fourth-order valence-electron chi connectivity index (χ4n) is 1.31. The molecule has 5 heteroatoms. The van der Waals surface area contributed by atoms with Crippen LogP contribution in [0.15, 0.2) is 18.3 Å². The molecule has 3 nitrogen and oxygen atoms in total. The van der Waals surface area contributed by atoms with Gasteiger partial charge in [0.25, 0.3) is 0 Å². The van der Waals surface area contributed by atoms with Crippen LogP contribution in [0.1, 0.15) is 16.3 Å². The van der Waals surface area contributed by atoms with Crippen molar-refractivity contribution in [3.8, 4) is 5.13 Å². The van der Waals surface area contributed by atoms with Gasteiger partial charge in [0, 0.05) is 11.1 Å². The van der Waals surface area contributed by atoms with Crippen LogP contribution in [0.25, 0.3) is 5.13 Å². The van der Waals surface area contributed by atoms with Crippen LogP contribution in [0.5, 0.6) is 0 Å². The van der Waals surface area contributed by atoms with E-state index in [2.05, 4.69) is 11.9 Å². The summed E-state index contributed by atoms with van der Waals surface area (Å²) in [6, 6.07) is 3.81. The molecule has 2 aromatic heterocycles. The van der Waals surface area contributed by atoms with E-state index in [1.54, 1.807) is 11.3 Å². The molecule has 2 aromatic rings. The van der Waals surface area contributed by atoms with Crippen LogP contribution in [0, 0.1) is 13.8 Å². The fraction of sp³-hybridized carbons (Fsp3) is 0.200. The van der Waals surface area contributed by atoms with E-state index in [1.807, 2.05) is 29.8 Å². The molecule has 0 saturated heterocycles. The minimum Gasteiger partial charge on any atom is -0.388 e. The summed E-state index contributed by atoms with van der Waals surface area (Å²) in [4.78, 5) is 6.07. The molecular weight excluding hydrogens is 226 g/mol. The van der Waals surface area contributed by atoms with Crippen molar-refractivity contribution in [1.82, 2.24) is 9.55 Å². The highest BCUT2D eigenvalue weighted by molar-refractivity contribution is 7.80. The molecule has 0 aliphatic carbocycles. The lowest BCUT2D eigenvalue weighted by Gasteiger charge is -2.02. The van der Waals surface area contributed by atoms with Crippen molar-refractivity contribution >= 4 is 28.5 Å². The Morgan fingerprint density at radius 3 is 2.80 bits per heavy atom. The summed E-state index contributed by atoms with van der Waals surface area (Å²) in [5.41, 5.74) is 7.51. The molecule has 0 spiro atoms. The molecule has 0 aromatic carbocycles. The van der Waals surface area contributed by atoms with Gasteiger partial charge in [0.05, 0.1) is 11.4 Å². The largest absolute Gasteiger partial charge is 0.388 e. The molecule has 0 fully saturated rings. The van der Waals surface area contributed by atoms with Crippen molar-refractivity contribution < 1.29 is 0 Å². The molecule has 2 heterocycles. The van der Waals surface area contributed by atoms with Gasteiger partial charge in [0.15, 0.2) is 5.13 Å². The number of aryl methyl sites for hydroxylation is 2. The van der Waals surface area contributed by atoms with E-state index in [4.69, 9.17) is 18.0 Å². The van der Waals surface area contributed by atoms with Crippen molar-refractivity contribution in [2.45, 2.75) is 13.8 Å². The first-order chi connectivity index (χ1) is 7.09. The second kappa shape index (κ2) is 3.75. The van der Waals surface area contributed by atoms with Crippen LogP contribution in [0.2, 0.25) is 0 Å². The molecule has 0 bridgehead atoms. The van der Waals surface area contributed by atoms with Crippen LogP contribution < -0.4 is 5.73 Å². The van der Waals surface area contributed by atoms with E-state index >= 15 is 0 Å². The summed E-state index contributed by atoms with van der Waals surface area (Å²) in [6.07, 6.45) is 1.92. The van der Waals surface area contributed by atoms with E-state index in [0.717, 1.165) is 16.5 Å². The Hall–Kier alpha value is -1.20. The Kier molecular flexibility index (Phi) is 2.58. The zero-order valence-electron chi connectivity index (χ0n) is 8.52. The molecule has 78 valence electrons. The van der Waals surface area contributed by atoms with Crippen LogP contribution in [-0.2, 0) is 0 Å². The van der Waals surface area contributed by atoms with Crippen molar-refractivity contribution in [2.24, 2.45) is 5.73 Å². The average molecular weight is 237 g/mol. The summed E-state index contributed by atoms with van der Waals surface area (Å²) < 4.78 is 1.92. The highest BCUT2D eigenvalue weighted by Crippen LogP contribution is 2.22. The normalized spacial score (nSPS) is 10.5. The van der Waals surface area contributed by atoms with Gasteiger partial charge >= 0.3 is 0 Å². The van der Waals surface area contributed by atoms with Gasteiger partial charge in [-0.15, -0.1) is 11.3 Å². The topological polar surface area (TPSA) is 43.8 Å². The van der Waals surface area contributed by atoms with Gasteiger partial charge in [-0.2, -0.15) is 0 Å². The summed E-state index contributed by atoms with van der Waals surface area (Å²) in [6.45, 7) is 4.06. The van der Waals surface area contributed by atoms with E-state index in [9.17, 15) is 0 Å². The second-order valence-electron chi connectivity index (χ2n) is 3.27. The number of rotatable bonds is 2. The number of hydrogen-bond acceptors (Lipinski definition) is 3. The maximum absolute atomic E-state index is 5.63. The predicted octanol–water partition coefficient (Wildman–Crippen LogP) is 2.18. The lowest BCUT2D eigenvalue weighted by molar-refractivity contribution is 1.02. The van der Waals surface area contributed by atoms with Crippen molar-refractivity contribution in [3.63, 3.8) is 0 Å². The minimum absolute atomic E-state index is 0.394. The van der Waals surface area contributed by atoms with E-state index in [-0.39, 0.29) is 0 Å².